The molecule has 76 valence electrons. The van der Waals surface area contributed by atoms with Crippen LogP contribution in [0.4, 0.5) is 0 Å². The lowest BCUT2D eigenvalue weighted by atomic mass is 10.2. The highest BCUT2D eigenvalue weighted by Crippen LogP contribution is 2.05. The van der Waals surface area contributed by atoms with E-state index in [9.17, 15) is 0 Å². The van der Waals surface area contributed by atoms with Crippen molar-refractivity contribution >= 4 is 23.2 Å². The van der Waals surface area contributed by atoms with Gasteiger partial charge in [0.1, 0.15) is 0 Å². The van der Waals surface area contributed by atoms with Gasteiger partial charge < -0.3 is 0 Å². The van der Waals surface area contributed by atoms with Gasteiger partial charge in [-0.1, -0.05) is 19.8 Å². The van der Waals surface area contributed by atoms with Gasteiger partial charge in [-0.15, -0.1) is 0 Å². The van der Waals surface area contributed by atoms with Crippen LogP contribution in [0.2, 0.25) is 0 Å². The fourth-order valence-corrected chi connectivity index (χ4v) is 1.42. The predicted octanol–water partition coefficient (Wildman–Crippen LogP) is 3.72. The highest BCUT2D eigenvalue weighted by Gasteiger charge is 1.87. The van der Waals surface area contributed by atoms with Crippen LogP contribution in [0.15, 0.2) is 9.39 Å². The first-order valence-corrected chi connectivity index (χ1v) is 5.78. The summed E-state index contributed by atoms with van der Waals surface area (Å²) in [5, 5.41) is 1.05. The molecule has 0 heterocycles. The van der Waals surface area contributed by atoms with E-state index in [1.165, 1.54) is 31.2 Å². The molecule has 0 aliphatic rings. The van der Waals surface area contributed by atoms with Crippen molar-refractivity contribution in [1.29, 1.82) is 0 Å². The zero-order valence-electron chi connectivity index (χ0n) is 8.92. The van der Waals surface area contributed by atoms with Crippen LogP contribution in [-0.2, 0) is 0 Å². The van der Waals surface area contributed by atoms with Crippen molar-refractivity contribution in [2.24, 2.45) is 9.39 Å². The molecule has 0 aromatic rings. The van der Waals surface area contributed by atoms with Crippen LogP contribution >= 0.6 is 11.9 Å². The first-order valence-electron chi connectivity index (χ1n) is 5.01. The maximum atomic E-state index is 4.22. The molecule has 0 N–H and O–H groups in total. The second-order valence-corrected chi connectivity index (χ2v) is 3.85. The Bertz CT molecular complexity index is 164. The van der Waals surface area contributed by atoms with E-state index in [1.807, 2.05) is 20.1 Å². The first kappa shape index (κ1) is 12.7. The minimum atomic E-state index is 0.851. The van der Waals surface area contributed by atoms with Gasteiger partial charge >= 0.3 is 0 Å². The largest absolute Gasteiger partial charge is 0.282 e. The monoisotopic (exact) mass is 200 g/mol. The van der Waals surface area contributed by atoms with Gasteiger partial charge in [0, 0.05) is 24.7 Å². The van der Waals surface area contributed by atoms with E-state index in [1.54, 1.807) is 0 Å². The molecule has 0 rings (SSSR count). The number of hydrogen-bond donors (Lipinski definition) is 0. The third-order valence-corrected chi connectivity index (χ3v) is 2.22. The molecule has 2 nitrogen and oxygen atoms in total. The molecule has 0 unspecified atom stereocenters. The van der Waals surface area contributed by atoms with Crippen molar-refractivity contribution in [3.63, 3.8) is 0 Å². The zero-order chi connectivity index (χ0) is 9.94. The number of nitrogens with zero attached hydrogens (tertiary/aromatic N) is 2. The topological polar surface area (TPSA) is 24.7 Å². The van der Waals surface area contributed by atoms with Crippen LogP contribution < -0.4 is 0 Å². The Labute approximate surface area is 86.1 Å². The Morgan fingerprint density at radius 2 is 2.08 bits per heavy atom. The number of aliphatic imine (C=N–C) groups is 1. The summed E-state index contributed by atoms with van der Waals surface area (Å²) in [7, 11) is 0. The van der Waals surface area contributed by atoms with E-state index in [0.717, 1.165) is 18.0 Å². The second kappa shape index (κ2) is 9.78. The molecule has 0 bridgehead atoms. The van der Waals surface area contributed by atoms with Crippen molar-refractivity contribution in [1.82, 2.24) is 0 Å². The molecule has 0 atom stereocenters. The van der Waals surface area contributed by atoms with E-state index in [-0.39, 0.29) is 0 Å². The Kier molecular flexibility index (Phi) is 9.54. The van der Waals surface area contributed by atoms with E-state index >= 15 is 0 Å². The molecular weight excluding hydrogens is 180 g/mol. The van der Waals surface area contributed by atoms with Gasteiger partial charge in [-0.2, -0.15) is 0 Å². The maximum absolute atomic E-state index is 4.22. The predicted molar refractivity (Wildman–Crippen MR) is 63.9 cm³/mol. The molecule has 0 aliphatic carbocycles. The van der Waals surface area contributed by atoms with Gasteiger partial charge in [0.25, 0.3) is 0 Å². The van der Waals surface area contributed by atoms with Gasteiger partial charge in [0.05, 0.1) is 5.04 Å². The SMILES string of the molecule is CCCCC/C=N/SC(C)=NCC. The second-order valence-electron chi connectivity index (χ2n) is 2.87. The lowest BCUT2D eigenvalue weighted by Crippen LogP contribution is -1.83. The van der Waals surface area contributed by atoms with Crippen LogP contribution in [0.1, 0.15) is 46.5 Å². The molecule has 0 radical (unpaired) electrons. The Hall–Kier alpha value is -0.310. The highest BCUT2D eigenvalue weighted by atomic mass is 32.2. The average molecular weight is 200 g/mol. The first-order chi connectivity index (χ1) is 6.31. The Balaban J connectivity index is 3.35. The summed E-state index contributed by atoms with van der Waals surface area (Å²) in [4.78, 5) is 4.22. The van der Waals surface area contributed by atoms with Crippen molar-refractivity contribution in [2.75, 3.05) is 6.54 Å². The van der Waals surface area contributed by atoms with Crippen molar-refractivity contribution < 1.29 is 0 Å². The maximum Gasteiger partial charge on any atom is 0.0872 e. The van der Waals surface area contributed by atoms with Crippen LogP contribution in [0, 0.1) is 0 Å². The van der Waals surface area contributed by atoms with Crippen molar-refractivity contribution in [3.8, 4) is 0 Å². The summed E-state index contributed by atoms with van der Waals surface area (Å²) in [6.07, 6.45) is 6.93. The summed E-state index contributed by atoms with van der Waals surface area (Å²) in [5.41, 5.74) is 0. The molecule has 0 aromatic heterocycles. The summed E-state index contributed by atoms with van der Waals surface area (Å²) in [5.74, 6) is 0. The summed E-state index contributed by atoms with van der Waals surface area (Å²) >= 11 is 1.48. The van der Waals surface area contributed by atoms with E-state index in [0.29, 0.717) is 0 Å². The van der Waals surface area contributed by atoms with Crippen LogP contribution in [0.3, 0.4) is 0 Å². The van der Waals surface area contributed by atoms with Crippen LogP contribution in [0.5, 0.6) is 0 Å². The number of unbranched alkanes of at least 4 members (excludes halogenated alkanes) is 3. The molecule has 0 spiro atoms. The van der Waals surface area contributed by atoms with Gasteiger partial charge in [-0.25, -0.2) is 4.40 Å². The lowest BCUT2D eigenvalue weighted by molar-refractivity contribution is 0.746. The smallest absolute Gasteiger partial charge is 0.0872 e. The highest BCUT2D eigenvalue weighted by molar-refractivity contribution is 8.12. The fraction of sp³-hybridized carbons (Fsp3) is 0.800. The fourth-order valence-electron chi connectivity index (χ4n) is 0.903. The Morgan fingerprint density at radius 3 is 2.69 bits per heavy atom. The summed E-state index contributed by atoms with van der Waals surface area (Å²) < 4.78 is 4.22. The van der Waals surface area contributed by atoms with Gasteiger partial charge in [0.2, 0.25) is 0 Å². The molecule has 0 saturated heterocycles. The molecular formula is C10H20N2S. The van der Waals surface area contributed by atoms with E-state index in [4.69, 9.17) is 0 Å². The van der Waals surface area contributed by atoms with Crippen LogP contribution in [-0.4, -0.2) is 17.8 Å². The van der Waals surface area contributed by atoms with Crippen molar-refractivity contribution in [2.45, 2.75) is 46.5 Å². The van der Waals surface area contributed by atoms with Gasteiger partial charge in [-0.05, 0) is 26.7 Å². The molecule has 13 heavy (non-hydrogen) atoms. The zero-order valence-corrected chi connectivity index (χ0v) is 9.73. The molecule has 0 amide bonds. The third-order valence-electron chi connectivity index (χ3n) is 1.58. The molecule has 3 heteroatoms. The van der Waals surface area contributed by atoms with Gasteiger partial charge in [-0.3, -0.25) is 4.99 Å². The van der Waals surface area contributed by atoms with Crippen molar-refractivity contribution in [3.05, 3.63) is 0 Å². The molecule has 0 aliphatic heterocycles. The van der Waals surface area contributed by atoms with Crippen LogP contribution in [0.25, 0.3) is 0 Å². The average Bonchev–Trinajstić information content (AvgIpc) is 2.11. The quantitative estimate of drug-likeness (QED) is 0.277. The lowest BCUT2D eigenvalue weighted by Gasteiger charge is -1.93. The molecule has 0 saturated carbocycles. The minimum Gasteiger partial charge on any atom is -0.282 e. The normalized spacial score (nSPS) is 12.7. The summed E-state index contributed by atoms with van der Waals surface area (Å²) in [6.45, 7) is 7.10. The Morgan fingerprint density at radius 1 is 1.31 bits per heavy atom. The number of hydrogen-bond acceptors (Lipinski definition) is 3. The van der Waals surface area contributed by atoms with E-state index < -0.39 is 0 Å². The van der Waals surface area contributed by atoms with E-state index in [2.05, 4.69) is 16.3 Å². The van der Waals surface area contributed by atoms with Gasteiger partial charge in [0.15, 0.2) is 0 Å². The standard InChI is InChI=1S/C10H20N2S/c1-4-6-7-8-9-12-13-10(3)11-5-2/h9H,4-8H2,1-3H3/b11-10?,12-9+. The minimum absolute atomic E-state index is 0.851. The third kappa shape index (κ3) is 9.61. The molecule has 0 aromatic carbocycles. The summed E-state index contributed by atoms with van der Waals surface area (Å²) in [6, 6.07) is 0. The molecule has 0 fully saturated rings. The number of rotatable bonds is 6.